The number of rotatable bonds is 2. The average molecular weight is 256 g/mol. The third-order valence-corrected chi connectivity index (χ3v) is 1.71. The standard InChI is InChI=1S/C7H5F5N4O/c8-6(9,7(10,11)12)4-1-3(5(13)16-17)14-2-15-4/h1-2,17H,(H2,13,16). The van der Waals surface area contributed by atoms with Gasteiger partial charge in [0.2, 0.25) is 0 Å². The van der Waals surface area contributed by atoms with Crippen LogP contribution in [0.25, 0.3) is 0 Å². The van der Waals surface area contributed by atoms with Crippen molar-refractivity contribution in [1.29, 1.82) is 0 Å². The lowest BCUT2D eigenvalue weighted by Gasteiger charge is -2.18. The highest BCUT2D eigenvalue weighted by Crippen LogP contribution is 2.42. The lowest BCUT2D eigenvalue weighted by atomic mass is 10.2. The van der Waals surface area contributed by atoms with Gasteiger partial charge in [0.25, 0.3) is 0 Å². The predicted octanol–water partition coefficient (Wildman–Crippen LogP) is 1.23. The third kappa shape index (κ3) is 2.40. The molecule has 5 nitrogen and oxygen atoms in total. The monoisotopic (exact) mass is 256 g/mol. The van der Waals surface area contributed by atoms with Gasteiger partial charge in [-0.05, 0) is 6.07 Å². The van der Waals surface area contributed by atoms with Crippen molar-refractivity contribution in [2.24, 2.45) is 10.9 Å². The first-order valence-electron chi connectivity index (χ1n) is 3.95. The molecule has 3 N–H and O–H groups in total. The first-order chi connectivity index (χ1) is 7.70. The molecule has 17 heavy (non-hydrogen) atoms. The average Bonchev–Trinajstić information content (AvgIpc) is 2.26. The van der Waals surface area contributed by atoms with Crippen LogP contribution in [0.2, 0.25) is 0 Å². The number of amidine groups is 1. The molecule has 1 aromatic heterocycles. The fourth-order valence-electron chi connectivity index (χ4n) is 0.866. The largest absolute Gasteiger partial charge is 0.459 e. The number of hydrogen-bond donors (Lipinski definition) is 2. The zero-order valence-corrected chi connectivity index (χ0v) is 7.91. The van der Waals surface area contributed by atoms with Crippen molar-refractivity contribution in [2.45, 2.75) is 12.1 Å². The van der Waals surface area contributed by atoms with E-state index in [1.165, 1.54) is 0 Å². The number of alkyl halides is 5. The Labute approximate surface area is 90.8 Å². The van der Waals surface area contributed by atoms with E-state index >= 15 is 0 Å². The molecule has 0 bridgehead atoms. The normalized spacial score (nSPS) is 13.8. The van der Waals surface area contributed by atoms with Crippen molar-refractivity contribution in [3.63, 3.8) is 0 Å². The Balaban J connectivity index is 3.25. The highest BCUT2D eigenvalue weighted by Gasteiger charge is 2.60. The Hall–Kier alpha value is -2.00. The Morgan fingerprint density at radius 3 is 2.29 bits per heavy atom. The zero-order chi connectivity index (χ0) is 13.3. The van der Waals surface area contributed by atoms with E-state index in [0.29, 0.717) is 12.4 Å². The molecule has 1 heterocycles. The zero-order valence-electron chi connectivity index (χ0n) is 7.91. The molecule has 0 saturated carbocycles. The van der Waals surface area contributed by atoms with Crippen molar-refractivity contribution >= 4 is 5.84 Å². The lowest BCUT2D eigenvalue weighted by Crippen LogP contribution is -2.35. The summed E-state index contributed by atoms with van der Waals surface area (Å²) in [4.78, 5) is 6.10. The fourth-order valence-corrected chi connectivity index (χ4v) is 0.866. The molecule has 0 amide bonds. The molecule has 0 saturated heterocycles. The van der Waals surface area contributed by atoms with Crippen LogP contribution in [0, 0.1) is 0 Å². The first-order valence-corrected chi connectivity index (χ1v) is 3.95. The van der Waals surface area contributed by atoms with Gasteiger partial charge in [-0.15, -0.1) is 0 Å². The molecule has 0 radical (unpaired) electrons. The van der Waals surface area contributed by atoms with Gasteiger partial charge in [-0.2, -0.15) is 22.0 Å². The van der Waals surface area contributed by atoms with E-state index in [0.717, 1.165) is 0 Å². The Morgan fingerprint density at radius 2 is 1.82 bits per heavy atom. The molecule has 0 unspecified atom stereocenters. The topological polar surface area (TPSA) is 84.4 Å². The Kier molecular flexibility index (Phi) is 3.16. The van der Waals surface area contributed by atoms with E-state index in [1.54, 1.807) is 0 Å². The second-order valence-corrected chi connectivity index (χ2v) is 2.85. The van der Waals surface area contributed by atoms with Gasteiger partial charge in [-0.1, -0.05) is 5.16 Å². The molecule has 1 aromatic rings. The van der Waals surface area contributed by atoms with Crippen LogP contribution in [0.1, 0.15) is 11.4 Å². The number of nitrogens with zero attached hydrogens (tertiary/aromatic N) is 3. The molecule has 1 rings (SSSR count). The molecular weight excluding hydrogens is 251 g/mol. The molecule has 0 aliphatic rings. The maximum Gasteiger partial charge on any atom is 0.459 e. The third-order valence-electron chi connectivity index (χ3n) is 1.71. The minimum atomic E-state index is -5.79. The van der Waals surface area contributed by atoms with Crippen molar-refractivity contribution < 1.29 is 27.2 Å². The maximum atomic E-state index is 12.9. The summed E-state index contributed by atoms with van der Waals surface area (Å²) < 4.78 is 61.7. The molecule has 0 atom stereocenters. The summed E-state index contributed by atoms with van der Waals surface area (Å²) in [5.41, 5.74) is 2.88. The van der Waals surface area contributed by atoms with Crippen LogP contribution < -0.4 is 5.73 Å². The minimum Gasteiger partial charge on any atom is -0.409 e. The number of hydrogen-bond acceptors (Lipinski definition) is 4. The minimum absolute atomic E-state index is 0.294. The summed E-state index contributed by atoms with van der Waals surface area (Å²) in [6.07, 6.45) is -5.33. The highest BCUT2D eigenvalue weighted by atomic mass is 19.4. The van der Waals surface area contributed by atoms with Crippen LogP contribution in [0.5, 0.6) is 0 Å². The summed E-state index contributed by atoms with van der Waals surface area (Å²) in [6.45, 7) is 0. The SMILES string of the molecule is N/C(=N\O)c1cc(C(F)(F)C(F)(F)F)ncn1. The van der Waals surface area contributed by atoms with Gasteiger partial charge in [-0.3, -0.25) is 0 Å². The second kappa shape index (κ2) is 4.11. The smallest absolute Gasteiger partial charge is 0.409 e. The van der Waals surface area contributed by atoms with Crippen LogP contribution in [-0.2, 0) is 5.92 Å². The van der Waals surface area contributed by atoms with Gasteiger partial charge in [-0.25, -0.2) is 9.97 Å². The summed E-state index contributed by atoms with van der Waals surface area (Å²) in [7, 11) is 0. The van der Waals surface area contributed by atoms with Crippen LogP contribution in [0.3, 0.4) is 0 Å². The molecular formula is C7H5F5N4O. The van der Waals surface area contributed by atoms with Gasteiger partial charge in [0.15, 0.2) is 5.84 Å². The van der Waals surface area contributed by atoms with Crippen molar-refractivity contribution in [3.8, 4) is 0 Å². The maximum absolute atomic E-state index is 12.9. The van der Waals surface area contributed by atoms with Gasteiger partial charge in [0.1, 0.15) is 17.7 Å². The molecule has 0 spiro atoms. The molecule has 0 fully saturated rings. The van der Waals surface area contributed by atoms with Gasteiger partial charge < -0.3 is 10.9 Å². The fraction of sp³-hybridized carbons (Fsp3) is 0.286. The first kappa shape index (κ1) is 13.1. The number of nitrogens with two attached hydrogens (primary N) is 1. The van der Waals surface area contributed by atoms with E-state index < -0.39 is 29.3 Å². The molecule has 94 valence electrons. The number of halogens is 5. The number of oxime groups is 1. The lowest BCUT2D eigenvalue weighted by molar-refractivity contribution is -0.291. The Bertz CT molecular complexity index is 444. The predicted molar refractivity (Wildman–Crippen MR) is 44.5 cm³/mol. The summed E-state index contributed by atoms with van der Waals surface area (Å²) >= 11 is 0. The summed E-state index contributed by atoms with van der Waals surface area (Å²) in [5.74, 6) is -5.84. The Morgan fingerprint density at radius 1 is 1.24 bits per heavy atom. The quantitative estimate of drug-likeness (QED) is 0.274. The van der Waals surface area contributed by atoms with Gasteiger partial charge in [0.05, 0.1) is 0 Å². The summed E-state index contributed by atoms with van der Waals surface area (Å²) in [5, 5.41) is 10.7. The van der Waals surface area contributed by atoms with Gasteiger partial charge >= 0.3 is 12.1 Å². The second-order valence-electron chi connectivity index (χ2n) is 2.85. The van der Waals surface area contributed by atoms with Crippen LogP contribution in [0.4, 0.5) is 22.0 Å². The van der Waals surface area contributed by atoms with Crippen LogP contribution in [-0.4, -0.2) is 27.2 Å². The van der Waals surface area contributed by atoms with Crippen LogP contribution in [0.15, 0.2) is 17.5 Å². The van der Waals surface area contributed by atoms with E-state index in [-0.39, 0.29) is 0 Å². The van der Waals surface area contributed by atoms with E-state index in [9.17, 15) is 22.0 Å². The highest BCUT2D eigenvalue weighted by molar-refractivity contribution is 5.95. The summed E-state index contributed by atoms with van der Waals surface area (Å²) in [6, 6.07) is 0.294. The molecule has 10 heteroatoms. The van der Waals surface area contributed by atoms with Crippen LogP contribution >= 0.6 is 0 Å². The van der Waals surface area contributed by atoms with Crippen molar-refractivity contribution in [2.75, 3.05) is 0 Å². The van der Waals surface area contributed by atoms with E-state index in [1.807, 2.05) is 0 Å². The molecule has 0 aliphatic heterocycles. The van der Waals surface area contributed by atoms with Gasteiger partial charge in [0, 0.05) is 0 Å². The van der Waals surface area contributed by atoms with E-state index in [2.05, 4.69) is 15.1 Å². The van der Waals surface area contributed by atoms with Crippen molar-refractivity contribution in [3.05, 3.63) is 23.8 Å². The molecule has 0 aliphatic carbocycles. The van der Waals surface area contributed by atoms with Crippen molar-refractivity contribution in [1.82, 2.24) is 9.97 Å². The number of aromatic nitrogens is 2. The van der Waals surface area contributed by atoms with E-state index in [4.69, 9.17) is 10.9 Å². The molecule has 0 aromatic carbocycles.